The first kappa shape index (κ1) is 19.9. The molecule has 142 valence electrons. The van der Waals surface area contributed by atoms with Crippen LogP contribution in [0.25, 0.3) is 0 Å². The smallest absolute Gasteiger partial charge is 0.303 e. The zero-order valence-corrected chi connectivity index (χ0v) is 15.3. The highest BCUT2D eigenvalue weighted by atomic mass is 16.4. The molecule has 1 aliphatic rings. The van der Waals surface area contributed by atoms with E-state index in [-0.39, 0.29) is 30.2 Å². The number of amides is 2. The van der Waals surface area contributed by atoms with Gasteiger partial charge in [-0.2, -0.15) is 0 Å². The maximum atomic E-state index is 12.3. The quantitative estimate of drug-likeness (QED) is 0.744. The molecular formula is C20H28N2O4. The summed E-state index contributed by atoms with van der Waals surface area (Å²) in [6.45, 7) is 3.04. The highest BCUT2D eigenvalue weighted by molar-refractivity contribution is 5.80. The van der Waals surface area contributed by atoms with Crippen LogP contribution < -0.4 is 5.32 Å². The van der Waals surface area contributed by atoms with E-state index in [1.54, 1.807) is 0 Å². The van der Waals surface area contributed by atoms with E-state index in [1.165, 1.54) is 0 Å². The topological polar surface area (TPSA) is 86.7 Å². The number of nitrogens with zero attached hydrogens (tertiary/aromatic N) is 1. The van der Waals surface area contributed by atoms with E-state index in [0.717, 1.165) is 12.0 Å². The highest BCUT2D eigenvalue weighted by Crippen LogP contribution is 2.19. The normalized spacial score (nSPS) is 16.1. The van der Waals surface area contributed by atoms with Gasteiger partial charge in [0.2, 0.25) is 11.8 Å². The summed E-state index contributed by atoms with van der Waals surface area (Å²) in [6, 6.07) is 9.81. The van der Waals surface area contributed by atoms with Crippen LogP contribution in [-0.2, 0) is 20.8 Å². The van der Waals surface area contributed by atoms with Gasteiger partial charge in [0, 0.05) is 37.9 Å². The lowest BCUT2D eigenvalue weighted by Crippen LogP contribution is -2.45. The number of nitrogens with one attached hydrogen (secondary N) is 1. The molecule has 1 unspecified atom stereocenters. The van der Waals surface area contributed by atoms with Crippen LogP contribution >= 0.6 is 0 Å². The Balaban J connectivity index is 1.69. The summed E-state index contributed by atoms with van der Waals surface area (Å²) in [6.07, 6.45) is 3.03. The molecule has 0 aromatic heterocycles. The van der Waals surface area contributed by atoms with Crippen molar-refractivity contribution in [1.29, 1.82) is 0 Å². The second-order valence-corrected chi connectivity index (χ2v) is 6.98. The van der Waals surface area contributed by atoms with Gasteiger partial charge in [0.1, 0.15) is 0 Å². The summed E-state index contributed by atoms with van der Waals surface area (Å²) >= 11 is 0. The number of piperidine rings is 1. The van der Waals surface area contributed by atoms with E-state index in [1.807, 2.05) is 42.2 Å². The number of carboxylic acids is 1. The molecule has 0 aliphatic carbocycles. The maximum absolute atomic E-state index is 12.3. The number of aliphatic carboxylic acids is 1. The number of carboxylic acid groups (broad SMARTS) is 1. The molecule has 2 amide bonds. The van der Waals surface area contributed by atoms with Gasteiger partial charge in [-0.05, 0) is 38.2 Å². The van der Waals surface area contributed by atoms with E-state index < -0.39 is 5.97 Å². The highest BCUT2D eigenvalue weighted by Gasteiger charge is 2.27. The molecule has 1 saturated heterocycles. The molecule has 1 atom stereocenters. The minimum atomic E-state index is -0.853. The van der Waals surface area contributed by atoms with Crippen LogP contribution in [0, 0.1) is 5.92 Å². The van der Waals surface area contributed by atoms with Crippen molar-refractivity contribution >= 4 is 17.8 Å². The van der Waals surface area contributed by atoms with Crippen molar-refractivity contribution in [2.75, 3.05) is 13.1 Å². The Labute approximate surface area is 154 Å². The molecule has 0 bridgehead atoms. The fraction of sp³-hybridized carbons (Fsp3) is 0.550. The van der Waals surface area contributed by atoms with Crippen LogP contribution in [0.3, 0.4) is 0 Å². The third-order valence-corrected chi connectivity index (χ3v) is 4.87. The Kier molecular flexibility index (Phi) is 7.63. The number of hydrogen-bond acceptors (Lipinski definition) is 3. The summed E-state index contributed by atoms with van der Waals surface area (Å²) < 4.78 is 0. The first-order valence-corrected chi connectivity index (χ1v) is 9.29. The first-order valence-electron chi connectivity index (χ1n) is 9.29. The lowest BCUT2D eigenvalue weighted by Gasteiger charge is -2.32. The summed E-state index contributed by atoms with van der Waals surface area (Å²) in [5, 5.41) is 11.6. The fourth-order valence-corrected chi connectivity index (χ4v) is 3.22. The molecule has 0 radical (unpaired) electrons. The second-order valence-electron chi connectivity index (χ2n) is 6.98. The van der Waals surface area contributed by atoms with E-state index in [4.69, 9.17) is 5.11 Å². The Hall–Kier alpha value is -2.37. The van der Waals surface area contributed by atoms with Crippen LogP contribution in [0.15, 0.2) is 30.3 Å². The van der Waals surface area contributed by atoms with Crippen molar-refractivity contribution in [2.24, 2.45) is 5.92 Å². The molecule has 6 nitrogen and oxygen atoms in total. The van der Waals surface area contributed by atoms with Crippen LogP contribution in [0.2, 0.25) is 0 Å². The average Bonchev–Trinajstić information content (AvgIpc) is 2.65. The SMILES string of the molecule is CC(CCC(=O)O)NC(=O)C1CCN(C(=O)CCc2ccccc2)CC1. The number of benzene rings is 1. The molecule has 2 rings (SSSR count). The molecule has 1 aromatic carbocycles. The number of hydrogen-bond donors (Lipinski definition) is 2. The predicted molar refractivity (Wildman–Crippen MR) is 98.5 cm³/mol. The van der Waals surface area contributed by atoms with Crippen molar-refractivity contribution < 1.29 is 19.5 Å². The number of carbonyl (C=O) groups is 3. The zero-order valence-electron chi connectivity index (χ0n) is 15.3. The monoisotopic (exact) mass is 360 g/mol. The predicted octanol–water partition coefficient (Wildman–Crippen LogP) is 2.23. The van der Waals surface area contributed by atoms with Crippen LogP contribution in [-0.4, -0.2) is 46.9 Å². The molecule has 0 spiro atoms. The molecule has 2 N–H and O–H groups in total. The van der Waals surface area contributed by atoms with Gasteiger partial charge in [0.05, 0.1) is 0 Å². The van der Waals surface area contributed by atoms with Gasteiger partial charge in [-0.1, -0.05) is 30.3 Å². The van der Waals surface area contributed by atoms with Gasteiger partial charge in [-0.3, -0.25) is 14.4 Å². The van der Waals surface area contributed by atoms with E-state index >= 15 is 0 Å². The lowest BCUT2D eigenvalue weighted by molar-refractivity contribution is -0.137. The summed E-state index contributed by atoms with van der Waals surface area (Å²) in [7, 11) is 0. The van der Waals surface area contributed by atoms with Crippen molar-refractivity contribution in [2.45, 2.75) is 51.5 Å². The molecule has 1 heterocycles. The van der Waals surface area contributed by atoms with E-state index in [0.29, 0.717) is 38.8 Å². The minimum Gasteiger partial charge on any atom is -0.481 e. The average molecular weight is 360 g/mol. The number of aryl methyl sites for hydroxylation is 1. The van der Waals surface area contributed by atoms with Crippen molar-refractivity contribution in [3.05, 3.63) is 35.9 Å². The minimum absolute atomic E-state index is 0.0285. The van der Waals surface area contributed by atoms with Crippen molar-refractivity contribution in [1.82, 2.24) is 10.2 Å². The summed E-state index contributed by atoms with van der Waals surface area (Å²) in [5.41, 5.74) is 1.16. The van der Waals surface area contributed by atoms with Crippen molar-refractivity contribution in [3.63, 3.8) is 0 Å². The Morgan fingerprint density at radius 1 is 1.15 bits per heavy atom. The van der Waals surface area contributed by atoms with Gasteiger partial charge >= 0.3 is 5.97 Å². The number of rotatable bonds is 8. The van der Waals surface area contributed by atoms with Crippen LogP contribution in [0.4, 0.5) is 0 Å². The maximum Gasteiger partial charge on any atom is 0.303 e. The molecule has 1 fully saturated rings. The van der Waals surface area contributed by atoms with Crippen LogP contribution in [0.1, 0.15) is 44.6 Å². The van der Waals surface area contributed by atoms with Gasteiger partial charge in [0.25, 0.3) is 0 Å². The molecule has 26 heavy (non-hydrogen) atoms. The third kappa shape index (κ3) is 6.50. The van der Waals surface area contributed by atoms with Crippen molar-refractivity contribution in [3.8, 4) is 0 Å². The van der Waals surface area contributed by atoms with Gasteiger partial charge in [-0.15, -0.1) is 0 Å². The molecular weight excluding hydrogens is 332 g/mol. The van der Waals surface area contributed by atoms with Gasteiger partial charge in [-0.25, -0.2) is 0 Å². The van der Waals surface area contributed by atoms with E-state index in [2.05, 4.69) is 5.32 Å². The van der Waals surface area contributed by atoms with Gasteiger partial charge < -0.3 is 15.3 Å². The number of likely N-dealkylation sites (tertiary alicyclic amines) is 1. The molecule has 6 heteroatoms. The Bertz CT molecular complexity index is 609. The van der Waals surface area contributed by atoms with Crippen LogP contribution in [0.5, 0.6) is 0 Å². The first-order chi connectivity index (χ1) is 12.5. The standard InChI is InChI=1S/C20H28N2O4/c1-15(7-10-19(24)25)21-20(26)17-11-13-22(14-12-17)18(23)9-8-16-5-3-2-4-6-16/h2-6,15,17H,7-14H2,1H3,(H,21,26)(H,24,25). The van der Waals surface area contributed by atoms with Gasteiger partial charge in [0.15, 0.2) is 0 Å². The lowest BCUT2D eigenvalue weighted by atomic mass is 9.95. The molecule has 1 aromatic rings. The Morgan fingerprint density at radius 3 is 2.42 bits per heavy atom. The second kappa shape index (κ2) is 9.94. The summed E-state index contributed by atoms with van der Waals surface area (Å²) in [5.74, 6) is -0.837. The van der Waals surface area contributed by atoms with E-state index in [9.17, 15) is 14.4 Å². The fourth-order valence-electron chi connectivity index (χ4n) is 3.22. The number of carbonyl (C=O) groups excluding carboxylic acids is 2. The molecule has 1 aliphatic heterocycles. The zero-order chi connectivity index (χ0) is 18.9. The molecule has 0 saturated carbocycles. The summed E-state index contributed by atoms with van der Waals surface area (Å²) in [4.78, 5) is 37.1. The largest absolute Gasteiger partial charge is 0.481 e. The third-order valence-electron chi connectivity index (χ3n) is 4.87. The Morgan fingerprint density at radius 2 is 1.81 bits per heavy atom.